The van der Waals surface area contributed by atoms with Crippen LogP contribution in [0.25, 0.3) is 5.57 Å². The smallest absolute Gasteiger partial charge is 0.258 e. The topological polar surface area (TPSA) is 74.6 Å². The maximum absolute atomic E-state index is 14.7. The number of allylic oxidation sites excluding steroid dienone is 2. The number of pyridine rings is 1. The van der Waals surface area contributed by atoms with Crippen LogP contribution in [0, 0.1) is 23.6 Å². The number of carbonyl (C=O) groups is 1. The van der Waals surface area contributed by atoms with Gasteiger partial charge in [0.05, 0.1) is 12.1 Å². The Morgan fingerprint density at radius 2 is 2.00 bits per heavy atom. The molecule has 184 valence electrons. The number of aromatic nitrogens is 1. The van der Waals surface area contributed by atoms with Gasteiger partial charge in [-0.05, 0) is 61.8 Å². The second-order valence-corrected chi connectivity index (χ2v) is 10.6. The summed E-state index contributed by atoms with van der Waals surface area (Å²) in [6.07, 6.45) is 7.41. The molecule has 1 aromatic carbocycles. The number of amides is 1. The monoisotopic (exact) mass is 477 g/mol. The van der Waals surface area contributed by atoms with Crippen LogP contribution in [-0.4, -0.2) is 39.7 Å². The van der Waals surface area contributed by atoms with E-state index in [0.717, 1.165) is 48.9 Å². The third-order valence-electron chi connectivity index (χ3n) is 8.42. The molecule has 2 fully saturated rings. The fraction of sp³-hybridized carbons (Fsp3) is 0.500. The Kier molecular flexibility index (Phi) is 5.85. The predicted molar refractivity (Wildman–Crippen MR) is 131 cm³/mol. The van der Waals surface area contributed by atoms with Crippen molar-refractivity contribution in [1.82, 2.24) is 14.8 Å². The third-order valence-corrected chi connectivity index (χ3v) is 8.42. The predicted octanol–water partition coefficient (Wildman–Crippen LogP) is 3.24. The Labute approximate surface area is 204 Å². The number of fused-ring (bicyclic) bond motifs is 3. The molecule has 2 aliphatic carbocycles. The van der Waals surface area contributed by atoms with E-state index >= 15 is 0 Å². The molecule has 6 rings (SSSR count). The summed E-state index contributed by atoms with van der Waals surface area (Å²) in [5, 5.41) is 13.5. The molecule has 1 saturated heterocycles. The number of hydrogen-bond acceptors (Lipinski definition) is 4. The number of rotatable bonds is 7. The first-order valence-corrected chi connectivity index (χ1v) is 12.9. The van der Waals surface area contributed by atoms with Crippen LogP contribution in [0.5, 0.6) is 0 Å². The number of hydrogen-bond donors (Lipinski definition) is 2. The highest BCUT2D eigenvalue weighted by Crippen LogP contribution is 2.50. The average Bonchev–Trinajstić information content (AvgIpc) is 3.25. The lowest BCUT2D eigenvalue weighted by Crippen LogP contribution is -2.48. The standard InChI is InChI=1S/C28H32FN3O3/c29-23-8-4-3-7-19(23)14-32-25-21(22(16-33)26(32)27(34)30-13-17-9-10-17)15-31-24(25)12-11-20(28(31)35)18-5-1-2-6-18/h3-5,7-8,11-12,17,21-22,25-26,33H,1-2,6,9-10,13-16H2,(H,30,34)/t21-,22-,25+,26-/m0/s1. The summed E-state index contributed by atoms with van der Waals surface area (Å²) in [6.45, 7) is 1.19. The van der Waals surface area contributed by atoms with Gasteiger partial charge in [0.15, 0.2) is 0 Å². The van der Waals surface area contributed by atoms with Crippen LogP contribution in [0.15, 0.2) is 47.3 Å². The summed E-state index contributed by atoms with van der Waals surface area (Å²) in [4.78, 5) is 29.0. The molecule has 0 radical (unpaired) electrons. The van der Waals surface area contributed by atoms with Crippen molar-refractivity contribution in [2.45, 2.75) is 57.3 Å². The summed E-state index contributed by atoms with van der Waals surface area (Å²) in [5.74, 6) is -0.311. The van der Waals surface area contributed by atoms with Crippen molar-refractivity contribution in [3.63, 3.8) is 0 Å². The average molecular weight is 478 g/mol. The zero-order valence-corrected chi connectivity index (χ0v) is 19.8. The lowest BCUT2D eigenvalue weighted by molar-refractivity contribution is -0.128. The molecule has 2 aromatic rings. The molecule has 1 aromatic heterocycles. The van der Waals surface area contributed by atoms with E-state index in [1.54, 1.807) is 18.2 Å². The Bertz CT molecular complexity index is 1230. The van der Waals surface area contributed by atoms with Gasteiger partial charge >= 0.3 is 0 Å². The molecule has 0 unspecified atom stereocenters. The maximum Gasteiger partial charge on any atom is 0.258 e. The lowest BCUT2D eigenvalue weighted by atomic mass is 9.88. The Morgan fingerprint density at radius 1 is 1.17 bits per heavy atom. The van der Waals surface area contributed by atoms with E-state index in [9.17, 15) is 19.1 Å². The van der Waals surface area contributed by atoms with E-state index in [2.05, 4.69) is 11.4 Å². The molecular weight excluding hydrogens is 445 g/mol. The van der Waals surface area contributed by atoms with Crippen molar-refractivity contribution >= 4 is 11.5 Å². The molecule has 0 bridgehead atoms. The summed E-state index contributed by atoms with van der Waals surface area (Å²) in [6, 6.07) is 9.75. The van der Waals surface area contributed by atoms with E-state index in [4.69, 9.17) is 0 Å². The SMILES string of the molecule is O=C(NCC1CC1)[C@@H]1[C@@H](CO)[C@@H]2Cn3c(ccc(C4=CCCC4)c3=O)[C@@H]2N1Cc1ccccc1F. The molecule has 0 spiro atoms. The molecular formula is C28H32FN3O3. The van der Waals surface area contributed by atoms with Crippen LogP contribution in [0.3, 0.4) is 0 Å². The van der Waals surface area contributed by atoms with Crippen LogP contribution in [0.2, 0.25) is 0 Å². The van der Waals surface area contributed by atoms with Gasteiger partial charge in [-0.2, -0.15) is 0 Å². The van der Waals surface area contributed by atoms with Crippen molar-refractivity contribution in [2.75, 3.05) is 13.2 Å². The molecule has 4 atom stereocenters. The maximum atomic E-state index is 14.7. The normalized spacial score (nSPS) is 27.5. The molecule has 2 N–H and O–H groups in total. The molecule has 4 aliphatic rings. The molecule has 3 heterocycles. The number of halogens is 1. The van der Waals surface area contributed by atoms with Gasteiger partial charge in [0, 0.05) is 54.9 Å². The minimum absolute atomic E-state index is 0.00214. The highest BCUT2D eigenvalue weighted by molar-refractivity contribution is 5.83. The van der Waals surface area contributed by atoms with E-state index in [0.29, 0.717) is 24.6 Å². The number of aliphatic hydroxyl groups is 1. The first-order chi connectivity index (χ1) is 17.1. The van der Waals surface area contributed by atoms with Gasteiger partial charge < -0.3 is 15.0 Å². The summed E-state index contributed by atoms with van der Waals surface area (Å²) < 4.78 is 16.5. The fourth-order valence-electron chi connectivity index (χ4n) is 6.44. The van der Waals surface area contributed by atoms with Crippen molar-refractivity contribution in [2.24, 2.45) is 17.8 Å². The van der Waals surface area contributed by atoms with Crippen molar-refractivity contribution in [3.05, 3.63) is 75.5 Å². The number of nitrogens with one attached hydrogen (secondary N) is 1. The largest absolute Gasteiger partial charge is 0.396 e. The minimum atomic E-state index is -0.575. The molecule has 7 heteroatoms. The lowest BCUT2D eigenvalue weighted by Gasteiger charge is -2.31. The van der Waals surface area contributed by atoms with Gasteiger partial charge in [-0.3, -0.25) is 14.5 Å². The van der Waals surface area contributed by atoms with Gasteiger partial charge in [0.2, 0.25) is 5.91 Å². The quantitative estimate of drug-likeness (QED) is 0.642. The molecule has 6 nitrogen and oxygen atoms in total. The number of benzene rings is 1. The van der Waals surface area contributed by atoms with Crippen molar-refractivity contribution in [3.8, 4) is 0 Å². The Hall–Kier alpha value is -2.77. The van der Waals surface area contributed by atoms with Gasteiger partial charge in [-0.1, -0.05) is 24.3 Å². The fourth-order valence-corrected chi connectivity index (χ4v) is 6.44. The summed E-state index contributed by atoms with van der Waals surface area (Å²) in [7, 11) is 0. The minimum Gasteiger partial charge on any atom is -0.396 e. The van der Waals surface area contributed by atoms with Crippen LogP contribution in [0.4, 0.5) is 4.39 Å². The zero-order valence-electron chi connectivity index (χ0n) is 19.8. The van der Waals surface area contributed by atoms with Crippen LogP contribution < -0.4 is 10.9 Å². The summed E-state index contributed by atoms with van der Waals surface area (Å²) >= 11 is 0. The van der Waals surface area contributed by atoms with E-state index in [1.165, 1.54) is 6.07 Å². The van der Waals surface area contributed by atoms with Gasteiger partial charge in [-0.15, -0.1) is 0 Å². The van der Waals surface area contributed by atoms with Crippen molar-refractivity contribution in [1.29, 1.82) is 0 Å². The van der Waals surface area contributed by atoms with Crippen molar-refractivity contribution < 1.29 is 14.3 Å². The molecule has 35 heavy (non-hydrogen) atoms. The highest BCUT2D eigenvalue weighted by atomic mass is 19.1. The van der Waals surface area contributed by atoms with E-state index in [-0.39, 0.29) is 48.3 Å². The molecule has 1 saturated carbocycles. The Morgan fingerprint density at radius 3 is 2.71 bits per heavy atom. The number of carbonyl (C=O) groups excluding carboxylic acids is 1. The first kappa shape index (κ1) is 22.7. The number of aliphatic hydroxyl groups excluding tert-OH is 1. The van der Waals surface area contributed by atoms with E-state index in [1.807, 2.05) is 21.6 Å². The summed E-state index contributed by atoms with van der Waals surface area (Å²) in [5.41, 5.74) is 3.24. The van der Waals surface area contributed by atoms with Crippen LogP contribution >= 0.6 is 0 Å². The van der Waals surface area contributed by atoms with E-state index < -0.39 is 6.04 Å². The third kappa shape index (κ3) is 3.95. The van der Waals surface area contributed by atoms with Gasteiger partial charge in [0.25, 0.3) is 5.56 Å². The Balaban J connectivity index is 1.39. The molecule has 2 aliphatic heterocycles. The van der Waals surface area contributed by atoms with Crippen LogP contribution in [0.1, 0.15) is 55.0 Å². The van der Waals surface area contributed by atoms with Gasteiger partial charge in [-0.25, -0.2) is 4.39 Å². The zero-order chi connectivity index (χ0) is 24.1. The van der Waals surface area contributed by atoms with Crippen LogP contribution in [-0.2, 0) is 17.9 Å². The first-order valence-electron chi connectivity index (χ1n) is 12.9. The number of nitrogens with zero attached hydrogens (tertiary/aromatic N) is 2. The van der Waals surface area contributed by atoms with Gasteiger partial charge in [0.1, 0.15) is 5.82 Å². The highest BCUT2D eigenvalue weighted by Gasteiger charge is 2.55. The number of likely N-dealkylation sites (tertiary alicyclic amines) is 1. The second-order valence-electron chi connectivity index (χ2n) is 10.6. The second kappa shape index (κ2) is 9.03. The molecule has 1 amide bonds.